The second kappa shape index (κ2) is 7.16. The zero-order chi connectivity index (χ0) is 17.0. The van der Waals surface area contributed by atoms with E-state index in [0.717, 1.165) is 24.9 Å². The Morgan fingerprint density at radius 1 is 1.26 bits per heavy atom. The molecule has 1 unspecified atom stereocenters. The molecule has 0 aliphatic carbocycles. The summed E-state index contributed by atoms with van der Waals surface area (Å²) in [6.45, 7) is 7.44. The first kappa shape index (κ1) is 17.5. The van der Waals surface area contributed by atoms with Gasteiger partial charge >= 0.3 is 5.97 Å². The zero-order valence-corrected chi connectivity index (χ0v) is 14.3. The molecule has 4 heteroatoms. The van der Waals surface area contributed by atoms with Gasteiger partial charge in [-0.3, -0.25) is 9.59 Å². The Hall–Kier alpha value is -1.84. The summed E-state index contributed by atoms with van der Waals surface area (Å²) in [6.07, 6.45) is 2.82. The largest absolute Gasteiger partial charge is 0.481 e. The molecule has 126 valence electrons. The van der Waals surface area contributed by atoms with Crippen LogP contribution >= 0.6 is 0 Å². The quantitative estimate of drug-likeness (QED) is 0.906. The molecule has 1 amide bonds. The van der Waals surface area contributed by atoms with Crippen molar-refractivity contribution in [2.24, 2.45) is 5.92 Å². The second-order valence-corrected chi connectivity index (χ2v) is 7.18. The lowest BCUT2D eigenvalue weighted by Crippen LogP contribution is -2.48. The molecule has 1 aliphatic rings. The van der Waals surface area contributed by atoms with Gasteiger partial charge in [0.1, 0.15) is 0 Å². The lowest BCUT2D eigenvalue weighted by molar-refractivity contribution is -0.138. The molecular weight excluding hydrogens is 290 g/mol. The number of aliphatic carboxylic acids is 1. The van der Waals surface area contributed by atoms with Crippen LogP contribution in [0.1, 0.15) is 50.7 Å². The van der Waals surface area contributed by atoms with E-state index >= 15 is 0 Å². The van der Waals surface area contributed by atoms with Crippen molar-refractivity contribution in [1.29, 1.82) is 0 Å². The summed E-state index contributed by atoms with van der Waals surface area (Å²) in [5, 5.41) is 8.84. The first-order valence-electron chi connectivity index (χ1n) is 8.39. The lowest BCUT2D eigenvalue weighted by atomic mass is 9.81. The van der Waals surface area contributed by atoms with Crippen LogP contribution in [0.4, 0.5) is 0 Å². The van der Waals surface area contributed by atoms with Crippen LogP contribution in [0.2, 0.25) is 0 Å². The molecule has 1 heterocycles. The Morgan fingerprint density at radius 3 is 2.52 bits per heavy atom. The van der Waals surface area contributed by atoms with Gasteiger partial charge in [-0.25, -0.2) is 0 Å². The summed E-state index contributed by atoms with van der Waals surface area (Å²) in [5.41, 5.74) is 1.66. The second-order valence-electron chi connectivity index (χ2n) is 7.18. The fourth-order valence-corrected chi connectivity index (χ4v) is 3.30. The molecule has 23 heavy (non-hydrogen) atoms. The predicted octanol–water partition coefficient (Wildman–Crippen LogP) is 3.38. The highest BCUT2D eigenvalue weighted by atomic mass is 16.4. The van der Waals surface area contributed by atoms with Crippen molar-refractivity contribution in [1.82, 2.24) is 4.90 Å². The summed E-state index contributed by atoms with van der Waals surface area (Å²) in [7, 11) is 0. The Bertz CT molecular complexity index is 562. The number of hydrogen-bond acceptors (Lipinski definition) is 2. The monoisotopic (exact) mass is 317 g/mol. The molecule has 0 bridgehead atoms. The van der Waals surface area contributed by atoms with Crippen molar-refractivity contribution in [2.45, 2.75) is 51.9 Å². The van der Waals surface area contributed by atoms with Crippen LogP contribution in [0, 0.1) is 12.8 Å². The molecule has 1 aromatic carbocycles. The Balaban J connectivity index is 2.05. The molecule has 4 nitrogen and oxygen atoms in total. The molecule has 0 spiro atoms. The number of carboxylic acid groups (broad SMARTS) is 1. The summed E-state index contributed by atoms with van der Waals surface area (Å²) in [6, 6.07) is 8.13. The Morgan fingerprint density at radius 2 is 1.91 bits per heavy atom. The fourth-order valence-electron chi connectivity index (χ4n) is 3.30. The highest BCUT2D eigenvalue weighted by molar-refractivity contribution is 5.87. The van der Waals surface area contributed by atoms with Gasteiger partial charge in [0.25, 0.3) is 0 Å². The van der Waals surface area contributed by atoms with E-state index < -0.39 is 11.4 Å². The highest BCUT2D eigenvalue weighted by Crippen LogP contribution is 2.29. The number of aryl methyl sites for hydroxylation is 1. The number of piperidine rings is 1. The van der Waals surface area contributed by atoms with Gasteiger partial charge in [0, 0.05) is 19.5 Å². The third-order valence-electron chi connectivity index (χ3n) is 4.88. The standard InChI is InChI=1S/C19H27NO3/c1-14-6-9-16(10-7-14)19(2,3)18(23)20-12-4-5-15(13-20)8-11-17(21)22/h6-7,9-10,15H,4-5,8,11-13H2,1-3H3,(H,21,22). The van der Waals surface area contributed by atoms with Crippen molar-refractivity contribution in [3.8, 4) is 0 Å². The highest BCUT2D eigenvalue weighted by Gasteiger charge is 2.35. The van der Waals surface area contributed by atoms with E-state index in [1.807, 2.05) is 49.9 Å². The molecule has 0 saturated carbocycles. The van der Waals surface area contributed by atoms with Crippen molar-refractivity contribution < 1.29 is 14.7 Å². The predicted molar refractivity (Wildman–Crippen MR) is 90.4 cm³/mol. The number of carbonyl (C=O) groups excluding carboxylic acids is 1. The van der Waals surface area contributed by atoms with E-state index in [0.29, 0.717) is 18.9 Å². The van der Waals surface area contributed by atoms with Crippen LogP contribution in [0.25, 0.3) is 0 Å². The van der Waals surface area contributed by atoms with Gasteiger partial charge in [-0.2, -0.15) is 0 Å². The first-order chi connectivity index (χ1) is 10.8. The van der Waals surface area contributed by atoms with Crippen LogP contribution in [0.5, 0.6) is 0 Å². The summed E-state index contributed by atoms with van der Waals surface area (Å²) in [5.74, 6) is -0.313. The third kappa shape index (κ3) is 4.34. The molecule has 0 radical (unpaired) electrons. The maximum atomic E-state index is 13.0. The fraction of sp³-hybridized carbons (Fsp3) is 0.579. The Kier molecular flexibility index (Phi) is 5.45. The van der Waals surface area contributed by atoms with Crippen LogP contribution in [-0.4, -0.2) is 35.0 Å². The van der Waals surface area contributed by atoms with Crippen LogP contribution < -0.4 is 0 Å². The average molecular weight is 317 g/mol. The summed E-state index contributed by atoms with van der Waals surface area (Å²) < 4.78 is 0. The number of hydrogen-bond donors (Lipinski definition) is 1. The SMILES string of the molecule is Cc1ccc(C(C)(C)C(=O)N2CCCC(CCC(=O)O)C2)cc1. The molecular formula is C19H27NO3. The molecule has 2 rings (SSSR count). The molecule has 1 aromatic rings. The van der Waals surface area contributed by atoms with E-state index in [-0.39, 0.29) is 12.3 Å². The minimum absolute atomic E-state index is 0.140. The number of carboxylic acids is 1. The van der Waals surface area contributed by atoms with Crippen LogP contribution in [0.3, 0.4) is 0 Å². The maximum absolute atomic E-state index is 13.0. The van der Waals surface area contributed by atoms with Crippen molar-refractivity contribution in [3.05, 3.63) is 35.4 Å². The smallest absolute Gasteiger partial charge is 0.303 e. The van der Waals surface area contributed by atoms with Crippen molar-refractivity contribution in [3.63, 3.8) is 0 Å². The van der Waals surface area contributed by atoms with Gasteiger partial charge in [0.05, 0.1) is 5.41 Å². The maximum Gasteiger partial charge on any atom is 0.303 e. The van der Waals surface area contributed by atoms with Gasteiger partial charge in [0.2, 0.25) is 5.91 Å². The van der Waals surface area contributed by atoms with Crippen molar-refractivity contribution in [2.75, 3.05) is 13.1 Å². The molecule has 1 atom stereocenters. The number of amides is 1. The van der Waals surface area contributed by atoms with E-state index in [4.69, 9.17) is 5.11 Å². The van der Waals surface area contributed by atoms with Crippen molar-refractivity contribution >= 4 is 11.9 Å². The zero-order valence-electron chi connectivity index (χ0n) is 14.3. The van der Waals surface area contributed by atoms with E-state index in [2.05, 4.69) is 0 Å². The van der Waals surface area contributed by atoms with Crippen LogP contribution in [-0.2, 0) is 15.0 Å². The number of nitrogens with zero attached hydrogens (tertiary/aromatic N) is 1. The minimum Gasteiger partial charge on any atom is -0.481 e. The van der Waals surface area contributed by atoms with Gasteiger partial charge in [-0.15, -0.1) is 0 Å². The van der Waals surface area contributed by atoms with Gasteiger partial charge in [-0.1, -0.05) is 29.8 Å². The third-order valence-corrected chi connectivity index (χ3v) is 4.88. The number of carbonyl (C=O) groups is 2. The molecule has 1 fully saturated rings. The van der Waals surface area contributed by atoms with E-state index in [1.54, 1.807) is 0 Å². The molecule has 0 aromatic heterocycles. The topological polar surface area (TPSA) is 57.6 Å². The van der Waals surface area contributed by atoms with E-state index in [1.165, 1.54) is 5.56 Å². The molecule has 1 saturated heterocycles. The van der Waals surface area contributed by atoms with Crippen LogP contribution in [0.15, 0.2) is 24.3 Å². The number of rotatable bonds is 5. The normalized spacial score (nSPS) is 18.7. The van der Waals surface area contributed by atoms with E-state index in [9.17, 15) is 9.59 Å². The minimum atomic E-state index is -0.756. The Labute approximate surface area is 138 Å². The lowest BCUT2D eigenvalue weighted by Gasteiger charge is -2.38. The molecule has 1 N–H and O–H groups in total. The van der Waals surface area contributed by atoms with Gasteiger partial charge in [0.15, 0.2) is 0 Å². The average Bonchev–Trinajstić information content (AvgIpc) is 2.53. The number of benzene rings is 1. The summed E-state index contributed by atoms with van der Waals surface area (Å²) >= 11 is 0. The molecule has 1 aliphatic heterocycles. The first-order valence-corrected chi connectivity index (χ1v) is 8.39. The van der Waals surface area contributed by atoms with Gasteiger partial charge < -0.3 is 10.0 Å². The van der Waals surface area contributed by atoms with Gasteiger partial charge in [-0.05, 0) is 51.5 Å². The number of likely N-dealkylation sites (tertiary alicyclic amines) is 1. The summed E-state index contributed by atoms with van der Waals surface area (Å²) in [4.78, 5) is 25.7.